The molecule has 0 saturated carbocycles. The topological polar surface area (TPSA) is 29.1 Å². The second-order valence-electron chi connectivity index (χ2n) is 4.57. The molecule has 1 atom stereocenters. The molecule has 0 aliphatic rings. The lowest BCUT2D eigenvalue weighted by atomic mass is 10.2. The van der Waals surface area contributed by atoms with Crippen molar-refractivity contribution in [3.63, 3.8) is 0 Å². The molecule has 1 amide bonds. The lowest BCUT2D eigenvalue weighted by Gasteiger charge is -2.12. The van der Waals surface area contributed by atoms with Gasteiger partial charge in [-0.3, -0.25) is 4.79 Å². The molecule has 2 rings (SSSR count). The largest absolute Gasteiger partial charge is 0.325 e. The highest BCUT2D eigenvalue weighted by molar-refractivity contribution is 9.10. The van der Waals surface area contributed by atoms with Gasteiger partial charge in [-0.05, 0) is 55.8 Å². The minimum absolute atomic E-state index is 0.0171. The highest BCUT2D eigenvalue weighted by Gasteiger charge is 2.14. The number of amides is 1. The first kappa shape index (κ1) is 15.1. The average molecular weight is 350 g/mol. The SMILES string of the molecule is Cc1cccc(NC(=O)[C@H](C)Sc2ccc(Br)cc2)c1. The molecule has 0 fully saturated rings. The number of hydrogen-bond donors (Lipinski definition) is 1. The molecule has 0 saturated heterocycles. The van der Waals surface area contributed by atoms with Crippen LogP contribution in [0.4, 0.5) is 5.69 Å². The van der Waals surface area contributed by atoms with Crippen molar-refractivity contribution in [3.05, 3.63) is 58.6 Å². The third kappa shape index (κ3) is 4.39. The Labute approximate surface area is 132 Å². The van der Waals surface area contributed by atoms with Crippen molar-refractivity contribution in [3.8, 4) is 0 Å². The molecule has 0 radical (unpaired) electrons. The number of thioether (sulfide) groups is 1. The van der Waals surface area contributed by atoms with Gasteiger partial charge in [-0.1, -0.05) is 28.1 Å². The Bertz CT molecular complexity index is 598. The second-order valence-corrected chi connectivity index (χ2v) is 6.90. The third-order valence-electron chi connectivity index (χ3n) is 2.78. The van der Waals surface area contributed by atoms with E-state index in [4.69, 9.17) is 0 Å². The lowest BCUT2D eigenvalue weighted by Crippen LogP contribution is -2.22. The summed E-state index contributed by atoms with van der Waals surface area (Å²) in [6.45, 7) is 3.92. The van der Waals surface area contributed by atoms with Crippen LogP contribution in [0.3, 0.4) is 0 Å². The summed E-state index contributed by atoms with van der Waals surface area (Å²) >= 11 is 4.95. The highest BCUT2D eigenvalue weighted by Crippen LogP contribution is 2.25. The Hall–Kier alpha value is -1.26. The van der Waals surface area contributed by atoms with Crippen molar-refractivity contribution in [2.45, 2.75) is 24.0 Å². The molecule has 0 aliphatic carbocycles. The quantitative estimate of drug-likeness (QED) is 0.797. The molecule has 2 aromatic rings. The fourth-order valence-corrected chi connectivity index (χ4v) is 2.87. The van der Waals surface area contributed by atoms with Crippen LogP contribution in [0.25, 0.3) is 0 Å². The van der Waals surface area contributed by atoms with Crippen molar-refractivity contribution in [1.82, 2.24) is 0 Å². The summed E-state index contributed by atoms with van der Waals surface area (Å²) in [6.07, 6.45) is 0. The lowest BCUT2D eigenvalue weighted by molar-refractivity contribution is -0.115. The van der Waals surface area contributed by atoms with E-state index in [1.54, 1.807) is 11.8 Å². The normalized spacial score (nSPS) is 11.9. The maximum Gasteiger partial charge on any atom is 0.237 e. The maximum atomic E-state index is 12.2. The van der Waals surface area contributed by atoms with E-state index >= 15 is 0 Å². The van der Waals surface area contributed by atoms with Crippen molar-refractivity contribution in [2.24, 2.45) is 0 Å². The molecule has 0 unspecified atom stereocenters. The number of carbonyl (C=O) groups excluding carboxylic acids is 1. The summed E-state index contributed by atoms with van der Waals surface area (Å²) in [5.74, 6) is 0.0171. The van der Waals surface area contributed by atoms with Crippen LogP contribution in [-0.2, 0) is 4.79 Å². The predicted molar refractivity (Wildman–Crippen MR) is 89.3 cm³/mol. The van der Waals surface area contributed by atoms with Gasteiger partial charge in [0.2, 0.25) is 5.91 Å². The molecule has 4 heteroatoms. The van der Waals surface area contributed by atoms with Gasteiger partial charge >= 0.3 is 0 Å². The minimum Gasteiger partial charge on any atom is -0.325 e. The van der Waals surface area contributed by atoms with Crippen molar-refractivity contribution in [1.29, 1.82) is 0 Å². The van der Waals surface area contributed by atoms with Gasteiger partial charge in [0.15, 0.2) is 0 Å². The molecule has 0 aromatic heterocycles. The van der Waals surface area contributed by atoms with E-state index in [0.29, 0.717) is 0 Å². The number of rotatable bonds is 4. The number of anilines is 1. The fraction of sp³-hybridized carbons (Fsp3) is 0.188. The first-order valence-electron chi connectivity index (χ1n) is 6.34. The molecule has 0 spiro atoms. The molecular weight excluding hydrogens is 334 g/mol. The second kappa shape index (κ2) is 6.95. The van der Waals surface area contributed by atoms with E-state index < -0.39 is 0 Å². The molecule has 20 heavy (non-hydrogen) atoms. The zero-order valence-electron chi connectivity index (χ0n) is 11.4. The third-order valence-corrected chi connectivity index (χ3v) is 4.42. The fourth-order valence-electron chi connectivity index (χ4n) is 1.74. The highest BCUT2D eigenvalue weighted by atomic mass is 79.9. The number of halogens is 1. The summed E-state index contributed by atoms with van der Waals surface area (Å²) in [4.78, 5) is 13.2. The summed E-state index contributed by atoms with van der Waals surface area (Å²) < 4.78 is 1.04. The zero-order chi connectivity index (χ0) is 14.5. The van der Waals surface area contributed by atoms with Crippen LogP contribution in [0, 0.1) is 6.92 Å². The zero-order valence-corrected chi connectivity index (χ0v) is 13.8. The van der Waals surface area contributed by atoms with Gasteiger partial charge in [0.05, 0.1) is 5.25 Å². The van der Waals surface area contributed by atoms with E-state index in [1.807, 2.05) is 62.4 Å². The monoisotopic (exact) mass is 349 g/mol. The molecule has 2 aromatic carbocycles. The van der Waals surface area contributed by atoms with Crippen LogP contribution in [-0.4, -0.2) is 11.2 Å². The van der Waals surface area contributed by atoms with E-state index in [-0.39, 0.29) is 11.2 Å². The molecular formula is C16H16BrNOS. The molecule has 0 bridgehead atoms. The van der Waals surface area contributed by atoms with E-state index in [9.17, 15) is 4.79 Å². The molecule has 104 valence electrons. The Morgan fingerprint density at radius 3 is 2.55 bits per heavy atom. The van der Waals surface area contributed by atoms with Crippen LogP contribution in [0.1, 0.15) is 12.5 Å². The van der Waals surface area contributed by atoms with Gasteiger partial charge in [-0.25, -0.2) is 0 Å². The minimum atomic E-state index is -0.142. The van der Waals surface area contributed by atoms with Gasteiger partial charge in [0.1, 0.15) is 0 Å². The smallest absolute Gasteiger partial charge is 0.237 e. The first-order chi connectivity index (χ1) is 9.54. The van der Waals surface area contributed by atoms with Crippen molar-refractivity contribution >= 4 is 39.3 Å². The van der Waals surface area contributed by atoms with E-state index in [2.05, 4.69) is 21.2 Å². The van der Waals surface area contributed by atoms with Gasteiger partial charge in [-0.15, -0.1) is 11.8 Å². The molecule has 1 N–H and O–H groups in total. The Morgan fingerprint density at radius 1 is 1.20 bits per heavy atom. The van der Waals surface area contributed by atoms with Crippen molar-refractivity contribution < 1.29 is 4.79 Å². The first-order valence-corrected chi connectivity index (χ1v) is 8.01. The maximum absolute atomic E-state index is 12.2. The standard InChI is InChI=1S/C16H16BrNOS/c1-11-4-3-5-14(10-11)18-16(19)12(2)20-15-8-6-13(17)7-9-15/h3-10,12H,1-2H3,(H,18,19)/t12-/m0/s1. The number of carbonyl (C=O) groups is 1. The number of nitrogens with one attached hydrogen (secondary N) is 1. The molecule has 0 aliphatic heterocycles. The summed E-state index contributed by atoms with van der Waals surface area (Å²) in [5.41, 5.74) is 1.98. The Kier molecular flexibility index (Phi) is 5.26. The van der Waals surface area contributed by atoms with Crippen LogP contribution in [0.15, 0.2) is 57.9 Å². The summed E-state index contributed by atoms with van der Waals surface area (Å²) in [6, 6.07) is 15.8. The predicted octanol–water partition coefficient (Wildman–Crippen LogP) is 4.88. The number of benzene rings is 2. The molecule has 2 nitrogen and oxygen atoms in total. The van der Waals surface area contributed by atoms with Crippen LogP contribution in [0.5, 0.6) is 0 Å². The summed E-state index contributed by atoms with van der Waals surface area (Å²) in [5, 5.41) is 2.80. The average Bonchev–Trinajstić information content (AvgIpc) is 2.41. The number of aryl methyl sites for hydroxylation is 1. The van der Waals surface area contributed by atoms with Crippen LogP contribution < -0.4 is 5.32 Å². The Balaban J connectivity index is 1.96. The Morgan fingerprint density at radius 2 is 1.90 bits per heavy atom. The van der Waals surface area contributed by atoms with Gasteiger partial charge in [0, 0.05) is 15.1 Å². The van der Waals surface area contributed by atoms with Gasteiger partial charge in [-0.2, -0.15) is 0 Å². The van der Waals surface area contributed by atoms with Crippen molar-refractivity contribution in [2.75, 3.05) is 5.32 Å². The van der Waals surface area contributed by atoms with Gasteiger partial charge in [0.25, 0.3) is 0 Å². The summed E-state index contributed by atoms with van der Waals surface area (Å²) in [7, 11) is 0. The van der Waals surface area contributed by atoms with E-state index in [0.717, 1.165) is 20.6 Å². The van der Waals surface area contributed by atoms with Gasteiger partial charge < -0.3 is 5.32 Å². The number of hydrogen-bond acceptors (Lipinski definition) is 2. The van der Waals surface area contributed by atoms with Crippen LogP contribution >= 0.6 is 27.7 Å². The van der Waals surface area contributed by atoms with E-state index in [1.165, 1.54) is 0 Å². The van der Waals surface area contributed by atoms with Crippen LogP contribution in [0.2, 0.25) is 0 Å². The molecule has 0 heterocycles.